The lowest BCUT2D eigenvalue weighted by Crippen LogP contribution is -2.67. The van der Waals surface area contributed by atoms with E-state index in [-0.39, 0.29) is 11.3 Å². The highest BCUT2D eigenvalue weighted by molar-refractivity contribution is 7.96. The molecule has 0 radical (unpaired) electrons. The van der Waals surface area contributed by atoms with Crippen LogP contribution in [0.1, 0.15) is 25.5 Å². The van der Waals surface area contributed by atoms with Crippen molar-refractivity contribution in [1.29, 1.82) is 0 Å². The van der Waals surface area contributed by atoms with Crippen LogP contribution in [0.2, 0.25) is 0 Å². The van der Waals surface area contributed by atoms with Crippen molar-refractivity contribution in [3.8, 4) is 0 Å². The second-order valence-electron chi connectivity index (χ2n) is 5.66. The van der Waals surface area contributed by atoms with Crippen molar-refractivity contribution >= 4 is 31.2 Å². The summed E-state index contributed by atoms with van der Waals surface area (Å²) in [5.74, 6) is -6.14. The molecular formula is C10H16N2O9S3. The van der Waals surface area contributed by atoms with Crippen molar-refractivity contribution in [3.05, 3.63) is 11.6 Å². The van der Waals surface area contributed by atoms with Gasteiger partial charge in [0.25, 0.3) is 0 Å². The van der Waals surface area contributed by atoms with Crippen LogP contribution in [0.4, 0.5) is 0 Å². The first-order valence-electron chi connectivity index (χ1n) is 6.23. The molecule has 2 heterocycles. The van der Waals surface area contributed by atoms with Gasteiger partial charge in [-0.25, -0.2) is 22.0 Å². The Morgan fingerprint density at radius 2 is 1.83 bits per heavy atom. The maximum Gasteiger partial charge on any atom is 0.247 e. The van der Waals surface area contributed by atoms with E-state index in [4.69, 9.17) is 5.14 Å². The van der Waals surface area contributed by atoms with Gasteiger partial charge in [-0.15, -0.1) is 11.3 Å². The molecule has 0 saturated carbocycles. The summed E-state index contributed by atoms with van der Waals surface area (Å²) in [5.41, 5.74) is -0.491. The molecule has 1 aromatic rings. The number of hydrogen-bond acceptors (Lipinski definition) is 11. The van der Waals surface area contributed by atoms with E-state index in [1.807, 2.05) is 5.32 Å². The quantitative estimate of drug-likeness (QED) is 0.252. The molecule has 14 heteroatoms. The van der Waals surface area contributed by atoms with Crippen LogP contribution in [-0.2, 0) is 19.9 Å². The number of thiophene rings is 1. The summed E-state index contributed by atoms with van der Waals surface area (Å²) in [4.78, 5) is -3.18. The van der Waals surface area contributed by atoms with E-state index < -0.39 is 56.5 Å². The van der Waals surface area contributed by atoms with Gasteiger partial charge in [-0.05, 0) is 13.0 Å². The summed E-state index contributed by atoms with van der Waals surface area (Å²) in [7, 11) is -9.14. The molecule has 2 rings (SSSR count). The topological polar surface area (TPSA) is 207 Å². The molecule has 0 aliphatic carbocycles. The summed E-state index contributed by atoms with van der Waals surface area (Å²) >= 11 is 0.196. The number of aliphatic hydroxyl groups is 5. The van der Waals surface area contributed by atoms with Crippen LogP contribution in [0.5, 0.6) is 0 Å². The molecule has 2 unspecified atom stereocenters. The zero-order valence-corrected chi connectivity index (χ0v) is 14.8. The molecule has 1 aliphatic heterocycles. The Labute approximate surface area is 141 Å². The first-order chi connectivity index (χ1) is 10.4. The summed E-state index contributed by atoms with van der Waals surface area (Å²) in [6.45, 7) is 1.38. The van der Waals surface area contributed by atoms with Crippen molar-refractivity contribution in [2.24, 2.45) is 5.14 Å². The Balaban J connectivity index is 2.86. The van der Waals surface area contributed by atoms with Crippen LogP contribution in [0.15, 0.2) is 14.5 Å². The Hall–Kier alpha value is -0.680. The lowest BCUT2D eigenvalue weighted by Gasteiger charge is -2.46. The molecule has 0 amide bonds. The molecule has 0 fully saturated rings. The maximum absolute atomic E-state index is 12.4. The predicted molar refractivity (Wildman–Crippen MR) is 79.4 cm³/mol. The number of nitrogens with two attached hydrogens (primary N) is 1. The first-order valence-corrected chi connectivity index (χ1v) is 10.1. The molecule has 2 atom stereocenters. The fourth-order valence-corrected chi connectivity index (χ4v) is 6.62. The van der Waals surface area contributed by atoms with Crippen LogP contribution >= 0.6 is 11.3 Å². The molecule has 1 aromatic heterocycles. The molecule has 0 bridgehead atoms. The standard InChI is InChI=1S/C10H16N2O9S3/c1-8(13)10(16,17)6(12-9(2,14)15)4-3-5(24(11,20)21)22-7(4)23(8,18)19/h3,6,12-17H,1-2H3,(H2,11,20,21). The van der Waals surface area contributed by atoms with Gasteiger partial charge in [-0.1, -0.05) is 0 Å². The molecule has 0 aromatic carbocycles. The van der Waals surface area contributed by atoms with Crippen LogP contribution in [0, 0.1) is 0 Å². The average molecular weight is 404 g/mol. The third-order valence-electron chi connectivity index (χ3n) is 3.56. The lowest BCUT2D eigenvalue weighted by atomic mass is 9.95. The van der Waals surface area contributed by atoms with E-state index in [0.29, 0.717) is 6.92 Å². The van der Waals surface area contributed by atoms with Crippen molar-refractivity contribution in [2.45, 2.75) is 44.9 Å². The second-order valence-corrected chi connectivity index (χ2v) is 11.0. The smallest absolute Gasteiger partial charge is 0.247 e. The van der Waals surface area contributed by atoms with Gasteiger partial charge in [0.2, 0.25) is 36.5 Å². The maximum atomic E-state index is 12.4. The van der Waals surface area contributed by atoms with Gasteiger partial charge < -0.3 is 25.5 Å². The molecule has 24 heavy (non-hydrogen) atoms. The molecular weight excluding hydrogens is 388 g/mol. The first kappa shape index (κ1) is 19.6. The third kappa shape index (κ3) is 2.78. The molecule has 1 aliphatic rings. The Kier molecular flexibility index (Phi) is 4.23. The number of nitrogens with one attached hydrogen (secondary N) is 1. The van der Waals surface area contributed by atoms with Gasteiger partial charge in [-0.3, -0.25) is 5.32 Å². The highest BCUT2D eigenvalue weighted by atomic mass is 32.3. The summed E-state index contributed by atoms with van der Waals surface area (Å²) in [5, 5.41) is 56.3. The van der Waals surface area contributed by atoms with Crippen LogP contribution in [0.3, 0.4) is 0 Å². The molecule has 8 N–H and O–H groups in total. The summed E-state index contributed by atoms with van der Waals surface area (Å²) in [6.07, 6.45) is 0. The molecule has 0 spiro atoms. The van der Waals surface area contributed by atoms with Gasteiger partial charge >= 0.3 is 0 Å². The second kappa shape index (κ2) is 5.16. The number of rotatable bonds is 3. The Morgan fingerprint density at radius 3 is 2.25 bits per heavy atom. The van der Waals surface area contributed by atoms with E-state index in [1.54, 1.807) is 0 Å². The minimum atomic E-state index is -4.81. The number of primary sulfonamides is 1. The van der Waals surface area contributed by atoms with Gasteiger partial charge in [0.1, 0.15) is 8.42 Å². The highest BCUT2D eigenvalue weighted by Crippen LogP contribution is 2.50. The average Bonchev–Trinajstić information content (AvgIpc) is 2.78. The normalized spacial score (nSPS) is 29.2. The number of fused-ring (bicyclic) bond motifs is 1. The summed E-state index contributed by atoms with van der Waals surface area (Å²) < 4.78 is 46.5. The van der Waals surface area contributed by atoms with E-state index >= 15 is 0 Å². The van der Waals surface area contributed by atoms with Crippen LogP contribution in [0.25, 0.3) is 0 Å². The number of hydrogen-bond donors (Lipinski definition) is 7. The van der Waals surface area contributed by atoms with Crippen LogP contribution < -0.4 is 10.5 Å². The zero-order valence-electron chi connectivity index (χ0n) is 12.3. The zero-order chi connectivity index (χ0) is 18.9. The SMILES string of the molecule is CC(O)(O)NC1c2cc(S(N)(=O)=O)sc2S(=O)(=O)C(C)(O)C1(O)O. The lowest BCUT2D eigenvalue weighted by molar-refractivity contribution is -0.280. The van der Waals surface area contributed by atoms with Crippen molar-refractivity contribution < 1.29 is 42.4 Å². The summed E-state index contributed by atoms with van der Waals surface area (Å²) in [6, 6.07) is -1.20. The minimum absolute atomic E-state index is 0.196. The monoisotopic (exact) mass is 404 g/mol. The van der Waals surface area contributed by atoms with E-state index in [2.05, 4.69) is 0 Å². The molecule has 0 saturated heterocycles. The van der Waals surface area contributed by atoms with Crippen molar-refractivity contribution in [3.63, 3.8) is 0 Å². The Bertz CT molecular complexity index is 877. The molecule has 138 valence electrons. The molecule has 11 nitrogen and oxygen atoms in total. The van der Waals surface area contributed by atoms with E-state index in [1.165, 1.54) is 0 Å². The number of sulfonamides is 1. The van der Waals surface area contributed by atoms with E-state index in [0.717, 1.165) is 13.0 Å². The van der Waals surface area contributed by atoms with Crippen molar-refractivity contribution in [2.75, 3.05) is 0 Å². The van der Waals surface area contributed by atoms with Gasteiger partial charge in [0, 0.05) is 12.5 Å². The third-order valence-corrected chi connectivity index (χ3v) is 8.91. The van der Waals surface area contributed by atoms with Crippen molar-refractivity contribution in [1.82, 2.24) is 5.32 Å². The predicted octanol–water partition coefficient (Wildman–Crippen LogP) is -3.14. The number of sulfone groups is 1. The van der Waals surface area contributed by atoms with Crippen LogP contribution in [-0.4, -0.2) is 59.0 Å². The van der Waals surface area contributed by atoms with Gasteiger partial charge in [-0.2, -0.15) is 0 Å². The fraction of sp³-hybridized carbons (Fsp3) is 0.600. The highest BCUT2D eigenvalue weighted by Gasteiger charge is 2.65. The van der Waals surface area contributed by atoms with E-state index in [9.17, 15) is 42.4 Å². The largest absolute Gasteiger partial charge is 0.370 e. The Morgan fingerprint density at radius 1 is 1.33 bits per heavy atom. The van der Waals surface area contributed by atoms with Gasteiger partial charge in [0.05, 0.1) is 6.04 Å². The minimum Gasteiger partial charge on any atom is -0.370 e. The van der Waals surface area contributed by atoms with Gasteiger partial charge in [0.15, 0.2) is 0 Å². The fourth-order valence-electron chi connectivity index (χ4n) is 2.23.